The van der Waals surface area contributed by atoms with E-state index in [1.54, 1.807) is 7.05 Å². The molecule has 0 bridgehead atoms. The van der Waals surface area contributed by atoms with E-state index < -0.39 is 0 Å². The summed E-state index contributed by atoms with van der Waals surface area (Å²) in [5.74, 6) is 0. The van der Waals surface area contributed by atoms with E-state index >= 15 is 0 Å². The van der Waals surface area contributed by atoms with Crippen molar-refractivity contribution in [3.05, 3.63) is 16.9 Å². The van der Waals surface area contributed by atoms with E-state index in [4.69, 9.17) is 23.8 Å². The minimum absolute atomic E-state index is 0.671. The SMILES string of the molecule is CNC(=S)NCCCn1cc(Cl)c(C)n1. The Hall–Kier alpha value is -0.810. The van der Waals surface area contributed by atoms with Gasteiger partial charge in [0.2, 0.25) is 0 Å². The van der Waals surface area contributed by atoms with Crippen LogP contribution in [0.5, 0.6) is 0 Å². The molecule has 0 fully saturated rings. The quantitative estimate of drug-likeness (QED) is 0.621. The van der Waals surface area contributed by atoms with Gasteiger partial charge in [0, 0.05) is 26.3 Å². The van der Waals surface area contributed by atoms with Crippen molar-refractivity contribution in [1.82, 2.24) is 20.4 Å². The molecule has 0 aromatic carbocycles. The topological polar surface area (TPSA) is 41.9 Å². The van der Waals surface area contributed by atoms with Gasteiger partial charge in [0.25, 0.3) is 0 Å². The first kappa shape index (κ1) is 12.3. The van der Waals surface area contributed by atoms with Gasteiger partial charge in [-0.05, 0) is 25.6 Å². The smallest absolute Gasteiger partial charge is 0.166 e. The van der Waals surface area contributed by atoms with Crippen molar-refractivity contribution in [3.8, 4) is 0 Å². The Balaban J connectivity index is 2.23. The zero-order chi connectivity index (χ0) is 11.3. The summed E-state index contributed by atoms with van der Waals surface area (Å²) >= 11 is 10.8. The average molecular weight is 247 g/mol. The summed E-state index contributed by atoms with van der Waals surface area (Å²) in [7, 11) is 1.80. The molecule has 2 N–H and O–H groups in total. The van der Waals surface area contributed by atoms with E-state index in [9.17, 15) is 0 Å². The summed E-state index contributed by atoms with van der Waals surface area (Å²) < 4.78 is 1.85. The highest BCUT2D eigenvalue weighted by Crippen LogP contribution is 2.11. The maximum Gasteiger partial charge on any atom is 0.166 e. The summed E-state index contributed by atoms with van der Waals surface area (Å²) in [5, 5.41) is 11.6. The minimum atomic E-state index is 0.671. The molecule has 1 heterocycles. The van der Waals surface area contributed by atoms with E-state index in [2.05, 4.69) is 15.7 Å². The molecule has 4 nitrogen and oxygen atoms in total. The third kappa shape index (κ3) is 4.05. The zero-order valence-corrected chi connectivity index (χ0v) is 10.5. The van der Waals surface area contributed by atoms with Gasteiger partial charge in [-0.25, -0.2) is 0 Å². The number of nitrogens with zero attached hydrogens (tertiary/aromatic N) is 2. The molecule has 0 aliphatic rings. The molecule has 0 spiro atoms. The molecular formula is C9H15ClN4S. The normalized spacial score (nSPS) is 10.1. The van der Waals surface area contributed by atoms with E-state index in [-0.39, 0.29) is 0 Å². The Bertz CT molecular complexity index is 317. The summed E-state index contributed by atoms with van der Waals surface area (Å²) in [6.45, 7) is 3.57. The lowest BCUT2D eigenvalue weighted by Crippen LogP contribution is -2.33. The number of hydrogen-bond donors (Lipinski definition) is 2. The molecule has 84 valence electrons. The Labute approximate surface area is 100.0 Å². The molecule has 0 aliphatic heterocycles. The Morgan fingerprint density at radius 1 is 1.67 bits per heavy atom. The van der Waals surface area contributed by atoms with Gasteiger partial charge in [0.15, 0.2) is 5.11 Å². The molecule has 1 aromatic rings. The van der Waals surface area contributed by atoms with Gasteiger partial charge in [-0.15, -0.1) is 0 Å². The van der Waals surface area contributed by atoms with Crippen molar-refractivity contribution >= 4 is 28.9 Å². The van der Waals surface area contributed by atoms with Gasteiger partial charge in [-0.2, -0.15) is 5.10 Å². The number of rotatable bonds is 4. The number of aromatic nitrogens is 2. The number of aryl methyl sites for hydroxylation is 2. The second-order valence-corrected chi connectivity index (χ2v) is 4.00. The van der Waals surface area contributed by atoms with E-state index in [0.717, 1.165) is 25.2 Å². The largest absolute Gasteiger partial charge is 0.366 e. The van der Waals surface area contributed by atoms with Crippen LogP contribution >= 0.6 is 23.8 Å². The first-order valence-electron chi connectivity index (χ1n) is 4.78. The van der Waals surface area contributed by atoms with Crippen molar-refractivity contribution in [3.63, 3.8) is 0 Å². The molecule has 0 saturated heterocycles. The fourth-order valence-corrected chi connectivity index (χ4v) is 1.39. The van der Waals surface area contributed by atoms with Gasteiger partial charge < -0.3 is 10.6 Å². The van der Waals surface area contributed by atoms with Gasteiger partial charge in [-0.3, -0.25) is 4.68 Å². The van der Waals surface area contributed by atoms with E-state index in [0.29, 0.717) is 10.1 Å². The zero-order valence-electron chi connectivity index (χ0n) is 8.88. The van der Waals surface area contributed by atoms with Crippen LogP contribution in [0.4, 0.5) is 0 Å². The van der Waals surface area contributed by atoms with Gasteiger partial charge in [-0.1, -0.05) is 11.6 Å². The van der Waals surface area contributed by atoms with Crippen molar-refractivity contribution in [2.45, 2.75) is 19.9 Å². The van der Waals surface area contributed by atoms with Crippen LogP contribution in [-0.2, 0) is 6.54 Å². The molecule has 1 rings (SSSR count). The van der Waals surface area contributed by atoms with Crippen molar-refractivity contribution in [2.24, 2.45) is 0 Å². The Morgan fingerprint density at radius 3 is 2.93 bits per heavy atom. The fourth-order valence-electron chi connectivity index (χ4n) is 1.14. The maximum absolute atomic E-state index is 5.89. The van der Waals surface area contributed by atoms with Crippen LogP contribution in [0.1, 0.15) is 12.1 Å². The van der Waals surface area contributed by atoms with Crippen molar-refractivity contribution in [2.75, 3.05) is 13.6 Å². The second-order valence-electron chi connectivity index (χ2n) is 3.18. The molecule has 0 unspecified atom stereocenters. The van der Waals surface area contributed by atoms with E-state index in [1.807, 2.05) is 17.8 Å². The highest BCUT2D eigenvalue weighted by Gasteiger charge is 2.00. The van der Waals surface area contributed by atoms with E-state index in [1.165, 1.54) is 0 Å². The predicted octanol–water partition coefficient (Wildman–Crippen LogP) is 1.33. The fraction of sp³-hybridized carbons (Fsp3) is 0.556. The molecular weight excluding hydrogens is 232 g/mol. The van der Waals surface area contributed by atoms with Crippen LogP contribution in [0.15, 0.2) is 6.20 Å². The lowest BCUT2D eigenvalue weighted by atomic mass is 10.4. The van der Waals surface area contributed by atoms with Crippen LogP contribution in [0.25, 0.3) is 0 Å². The summed E-state index contributed by atoms with van der Waals surface area (Å²) in [6, 6.07) is 0. The van der Waals surface area contributed by atoms with Gasteiger partial charge in [0.05, 0.1) is 10.7 Å². The summed E-state index contributed by atoms with van der Waals surface area (Å²) in [5.41, 5.74) is 0.871. The Morgan fingerprint density at radius 2 is 2.40 bits per heavy atom. The van der Waals surface area contributed by atoms with Crippen LogP contribution in [0, 0.1) is 6.92 Å². The molecule has 15 heavy (non-hydrogen) atoms. The second kappa shape index (κ2) is 5.92. The number of thiocarbonyl (C=S) groups is 1. The third-order valence-electron chi connectivity index (χ3n) is 1.96. The Kier molecular flexibility index (Phi) is 4.84. The first-order valence-corrected chi connectivity index (χ1v) is 5.57. The highest BCUT2D eigenvalue weighted by atomic mass is 35.5. The van der Waals surface area contributed by atoms with Crippen LogP contribution < -0.4 is 10.6 Å². The minimum Gasteiger partial charge on any atom is -0.366 e. The molecule has 0 saturated carbocycles. The van der Waals surface area contributed by atoms with Crippen molar-refractivity contribution < 1.29 is 0 Å². The summed E-state index contributed by atoms with van der Waals surface area (Å²) in [6.07, 6.45) is 2.80. The number of nitrogens with one attached hydrogen (secondary N) is 2. The van der Waals surface area contributed by atoms with Crippen LogP contribution in [-0.4, -0.2) is 28.5 Å². The maximum atomic E-state index is 5.89. The standard InChI is InChI=1S/C9H15ClN4S/c1-7-8(10)6-14(13-7)5-3-4-12-9(15)11-2/h6H,3-5H2,1-2H3,(H2,11,12,15). The molecule has 0 aliphatic carbocycles. The molecule has 1 aromatic heterocycles. The predicted molar refractivity (Wildman–Crippen MR) is 66.3 cm³/mol. The molecule has 0 atom stereocenters. The monoisotopic (exact) mass is 246 g/mol. The lowest BCUT2D eigenvalue weighted by molar-refractivity contribution is 0.569. The van der Waals surface area contributed by atoms with Crippen LogP contribution in [0.3, 0.4) is 0 Å². The van der Waals surface area contributed by atoms with Gasteiger partial charge >= 0.3 is 0 Å². The average Bonchev–Trinajstić information content (AvgIpc) is 2.53. The molecule has 0 amide bonds. The number of halogens is 1. The highest BCUT2D eigenvalue weighted by molar-refractivity contribution is 7.80. The van der Waals surface area contributed by atoms with Crippen molar-refractivity contribution in [1.29, 1.82) is 0 Å². The third-order valence-corrected chi connectivity index (χ3v) is 2.68. The number of hydrogen-bond acceptors (Lipinski definition) is 2. The first-order chi connectivity index (χ1) is 7.13. The summed E-state index contributed by atoms with van der Waals surface area (Å²) in [4.78, 5) is 0. The van der Waals surface area contributed by atoms with Gasteiger partial charge in [0.1, 0.15) is 0 Å². The molecule has 6 heteroatoms. The molecule has 0 radical (unpaired) electrons. The lowest BCUT2D eigenvalue weighted by Gasteiger charge is -2.06. The van der Waals surface area contributed by atoms with Crippen LogP contribution in [0.2, 0.25) is 5.02 Å².